The summed E-state index contributed by atoms with van der Waals surface area (Å²) in [6, 6.07) is 4.21. The molecule has 122 valence electrons. The maximum Gasteiger partial charge on any atom is 0.220 e. The van der Waals surface area contributed by atoms with E-state index >= 15 is 0 Å². The summed E-state index contributed by atoms with van der Waals surface area (Å²) in [4.78, 5) is 16.1. The maximum absolute atomic E-state index is 12.0. The second-order valence-corrected chi connectivity index (χ2v) is 6.09. The van der Waals surface area contributed by atoms with Gasteiger partial charge in [-0.1, -0.05) is 32.6 Å². The Morgan fingerprint density at radius 1 is 1.27 bits per heavy atom. The van der Waals surface area contributed by atoms with Crippen molar-refractivity contribution in [2.24, 2.45) is 0 Å². The van der Waals surface area contributed by atoms with Crippen LogP contribution in [0.2, 0.25) is 0 Å². The number of ether oxygens (including phenoxy) is 1. The van der Waals surface area contributed by atoms with Gasteiger partial charge in [0.05, 0.1) is 6.10 Å². The molecule has 2 unspecified atom stereocenters. The van der Waals surface area contributed by atoms with Gasteiger partial charge in [-0.05, 0) is 37.0 Å². The lowest BCUT2D eigenvalue weighted by molar-refractivity contribution is -0.123. The number of hydrogen-bond donors (Lipinski definition) is 1. The van der Waals surface area contributed by atoms with Gasteiger partial charge in [-0.2, -0.15) is 0 Å². The molecule has 2 rings (SSSR count). The van der Waals surface area contributed by atoms with Gasteiger partial charge in [-0.25, -0.2) is 0 Å². The topological polar surface area (TPSA) is 51.2 Å². The Kier molecular flexibility index (Phi) is 7.37. The van der Waals surface area contributed by atoms with Crippen molar-refractivity contribution in [3.05, 3.63) is 30.1 Å². The van der Waals surface area contributed by atoms with E-state index in [2.05, 4.69) is 17.2 Å². The van der Waals surface area contributed by atoms with Gasteiger partial charge in [0.1, 0.15) is 0 Å². The molecule has 0 saturated carbocycles. The summed E-state index contributed by atoms with van der Waals surface area (Å²) in [5, 5.41) is 3.17. The summed E-state index contributed by atoms with van der Waals surface area (Å²) in [6.07, 6.45) is 12.0. The monoisotopic (exact) mass is 304 g/mol. The summed E-state index contributed by atoms with van der Waals surface area (Å²) in [7, 11) is 0. The normalized spacial score (nSPS) is 21.5. The van der Waals surface area contributed by atoms with Crippen LogP contribution in [-0.2, 0) is 9.53 Å². The Hall–Kier alpha value is -1.42. The number of nitrogens with one attached hydrogen (secondary N) is 1. The van der Waals surface area contributed by atoms with Gasteiger partial charge in [0, 0.05) is 31.5 Å². The molecule has 1 fully saturated rings. The van der Waals surface area contributed by atoms with Crippen molar-refractivity contribution in [2.75, 3.05) is 6.61 Å². The van der Waals surface area contributed by atoms with Crippen LogP contribution in [-0.4, -0.2) is 23.5 Å². The number of rotatable bonds is 8. The molecular formula is C18H28N2O2. The number of unbranched alkanes of at least 4 members (excludes halogenated alkanes) is 4. The molecule has 2 heterocycles. The number of pyridine rings is 1. The lowest BCUT2D eigenvalue weighted by Gasteiger charge is -2.30. The Labute approximate surface area is 133 Å². The first kappa shape index (κ1) is 16.9. The average molecular weight is 304 g/mol. The molecule has 0 radical (unpaired) electrons. The highest BCUT2D eigenvalue weighted by Crippen LogP contribution is 2.27. The second kappa shape index (κ2) is 9.57. The zero-order chi connectivity index (χ0) is 15.6. The third-order valence-electron chi connectivity index (χ3n) is 4.23. The Morgan fingerprint density at radius 3 is 2.82 bits per heavy atom. The molecule has 2 atom stereocenters. The predicted octanol–water partition coefficient (Wildman–Crippen LogP) is 3.78. The van der Waals surface area contributed by atoms with Gasteiger partial charge in [0.15, 0.2) is 0 Å². The first-order valence-electron chi connectivity index (χ1n) is 8.60. The molecule has 0 spiro atoms. The van der Waals surface area contributed by atoms with E-state index in [0.29, 0.717) is 13.0 Å². The van der Waals surface area contributed by atoms with E-state index in [4.69, 9.17) is 4.74 Å². The highest BCUT2D eigenvalue weighted by Gasteiger charge is 2.24. The van der Waals surface area contributed by atoms with Gasteiger partial charge in [-0.15, -0.1) is 0 Å². The molecule has 1 amide bonds. The minimum absolute atomic E-state index is 0.0756. The van der Waals surface area contributed by atoms with E-state index in [9.17, 15) is 4.79 Å². The van der Waals surface area contributed by atoms with Crippen molar-refractivity contribution in [1.82, 2.24) is 10.3 Å². The average Bonchev–Trinajstić information content (AvgIpc) is 2.56. The van der Waals surface area contributed by atoms with Crippen LogP contribution in [0.4, 0.5) is 0 Å². The van der Waals surface area contributed by atoms with Gasteiger partial charge in [-0.3, -0.25) is 9.78 Å². The molecule has 1 aliphatic rings. The molecule has 1 aromatic heterocycles. The zero-order valence-electron chi connectivity index (χ0n) is 13.6. The van der Waals surface area contributed by atoms with Crippen molar-refractivity contribution >= 4 is 5.91 Å². The second-order valence-electron chi connectivity index (χ2n) is 6.09. The van der Waals surface area contributed by atoms with Gasteiger partial charge in [0.2, 0.25) is 5.91 Å². The van der Waals surface area contributed by atoms with Crippen molar-refractivity contribution in [1.29, 1.82) is 0 Å². The molecular weight excluding hydrogens is 276 g/mol. The number of nitrogens with zero attached hydrogens (tertiary/aromatic N) is 1. The molecule has 4 nitrogen and oxygen atoms in total. The lowest BCUT2D eigenvalue weighted by atomic mass is 9.98. The first-order chi connectivity index (χ1) is 10.8. The number of carbonyl (C=O) groups is 1. The van der Waals surface area contributed by atoms with Crippen molar-refractivity contribution < 1.29 is 9.53 Å². The molecule has 1 aliphatic heterocycles. The van der Waals surface area contributed by atoms with Crippen molar-refractivity contribution in [3.8, 4) is 0 Å². The van der Waals surface area contributed by atoms with E-state index in [1.165, 1.54) is 19.3 Å². The van der Waals surface area contributed by atoms with E-state index in [1.807, 2.05) is 12.1 Å². The lowest BCUT2D eigenvalue weighted by Crippen LogP contribution is -2.39. The van der Waals surface area contributed by atoms with Gasteiger partial charge < -0.3 is 10.1 Å². The van der Waals surface area contributed by atoms with Crippen LogP contribution in [0.3, 0.4) is 0 Å². The van der Waals surface area contributed by atoms with Crippen LogP contribution in [0, 0.1) is 0 Å². The summed E-state index contributed by atoms with van der Waals surface area (Å²) in [5.74, 6) is 0.192. The fourth-order valence-electron chi connectivity index (χ4n) is 2.93. The summed E-state index contributed by atoms with van der Waals surface area (Å²) in [6.45, 7) is 2.91. The zero-order valence-corrected chi connectivity index (χ0v) is 13.6. The number of amides is 1. The fraction of sp³-hybridized carbons (Fsp3) is 0.667. The van der Waals surface area contributed by atoms with Crippen molar-refractivity contribution in [3.63, 3.8) is 0 Å². The minimum atomic E-state index is 0.0756. The van der Waals surface area contributed by atoms with Crippen LogP contribution >= 0.6 is 0 Å². The molecule has 1 aromatic rings. The number of aromatic nitrogens is 1. The molecule has 22 heavy (non-hydrogen) atoms. The number of hydrogen-bond acceptors (Lipinski definition) is 3. The highest BCUT2D eigenvalue weighted by molar-refractivity contribution is 5.76. The van der Waals surface area contributed by atoms with Crippen molar-refractivity contribution in [2.45, 2.75) is 70.4 Å². The largest absolute Gasteiger partial charge is 0.373 e. The molecule has 4 heteroatoms. The smallest absolute Gasteiger partial charge is 0.220 e. The van der Waals surface area contributed by atoms with Gasteiger partial charge in [0.25, 0.3) is 0 Å². The Morgan fingerprint density at radius 2 is 2.05 bits per heavy atom. The summed E-state index contributed by atoms with van der Waals surface area (Å²) < 4.78 is 5.82. The van der Waals surface area contributed by atoms with Gasteiger partial charge >= 0.3 is 0 Å². The molecule has 1 saturated heterocycles. The third-order valence-corrected chi connectivity index (χ3v) is 4.23. The van der Waals surface area contributed by atoms with Crippen LogP contribution < -0.4 is 5.32 Å². The predicted molar refractivity (Wildman–Crippen MR) is 87.5 cm³/mol. The molecule has 1 N–H and O–H groups in total. The van der Waals surface area contributed by atoms with E-state index in [-0.39, 0.29) is 18.1 Å². The van der Waals surface area contributed by atoms with Crippen LogP contribution in [0.5, 0.6) is 0 Å². The minimum Gasteiger partial charge on any atom is -0.373 e. The number of carbonyl (C=O) groups excluding carboxylic acids is 1. The summed E-state index contributed by atoms with van der Waals surface area (Å²) >= 11 is 0. The van der Waals surface area contributed by atoms with Crippen LogP contribution in [0.15, 0.2) is 24.5 Å². The van der Waals surface area contributed by atoms with Crippen LogP contribution in [0.1, 0.15) is 70.0 Å². The molecule has 0 aromatic carbocycles. The first-order valence-corrected chi connectivity index (χ1v) is 8.60. The van der Waals surface area contributed by atoms with E-state index in [0.717, 1.165) is 31.2 Å². The maximum atomic E-state index is 12.0. The third kappa shape index (κ3) is 5.76. The summed E-state index contributed by atoms with van der Waals surface area (Å²) in [5.41, 5.74) is 1.15. The Bertz CT molecular complexity index is 436. The van der Waals surface area contributed by atoms with E-state index < -0.39 is 0 Å². The fourth-order valence-corrected chi connectivity index (χ4v) is 2.93. The Balaban J connectivity index is 1.70. The standard InChI is InChI=1S/C18H28N2O2/c1-2-3-4-5-6-7-18(21)20-16-10-13-22-17(14-16)15-8-11-19-12-9-15/h8-9,11-12,16-17H,2-7,10,13-14H2,1H3,(H,20,21). The van der Waals surface area contributed by atoms with Crippen LogP contribution in [0.25, 0.3) is 0 Å². The SMILES string of the molecule is CCCCCCCC(=O)NC1CCOC(c2ccncc2)C1. The molecule has 0 aliphatic carbocycles. The van der Waals surface area contributed by atoms with E-state index in [1.54, 1.807) is 12.4 Å². The quantitative estimate of drug-likeness (QED) is 0.744. The molecule has 0 bridgehead atoms. The highest BCUT2D eigenvalue weighted by atomic mass is 16.5.